The number of morpholine rings is 1. The zero-order valence-corrected chi connectivity index (χ0v) is 13.2. The van der Waals surface area contributed by atoms with E-state index in [1.54, 1.807) is 23.5 Å². The summed E-state index contributed by atoms with van der Waals surface area (Å²) in [5.41, 5.74) is 1.61. The summed E-state index contributed by atoms with van der Waals surface area (Å²) in [6, 6.07) is 6.13. The number of benzene rings is 1. The van der Waals surface area contributed by atoms with Gasteiger partial charge in [-0.1, -0.05) is 12.1 Å². The van der Waals surface area contributed by atoms with Crippen LogP contribution in [0.2, 0.25) is 0 Å². The van der Waals surface area contributed by atoms with Crippen LogP contribution in [0.3, 0.4) is 0 Å². The Balaban J connectivity index is 1.62. The fraction of sp³-hybridized carbons (Fsp3) is 0.438. The van der Waals surface area contributed by atoms with Gasteiger partial charge in [0.2, 0.25) is 0 Å². The first kappa shape index (κ1) is 15.6. The largest absolute Gasteiger partial charge is 0.387 e. The number of ether oxygens (including phenoxy) is 1. The van der Waals surface area contributed by atoms with Crippen LogP contribution in [0.4, 0.5) is 4.39 Å². The van der Waals surface area contributed by atoms with Gasteiger partial charge < -0.3 is 9.84 Å². The maximum absolute atomic E-state index is 13.2. The van der Waals surface area contributed by atoms with Crippen molar-refractivity contribution in [2.45, 2.75) is 19.1 Å². The van der Waals surface area contributed by atoms with Gasteiger partial charge in [0.05, 0.1) is 12.7 Å². The van der Waals surface area contributed by atoms with Crippen LogP contribution in [0.15, 0.2) is 29.6 Å². The summed E-state index contributed by atoms with van der Waals surface area (Å²) < 4.78 is 19.0. The van der Waals surface area contributed by atoms with Crippen LogP contribution in [0.1, 0.15) is 28.5 Å². The number of β-amino-alcohol motifs (C(OH)–C–C–N with tert-alkyl or cyclic N) is 1. The second kappa shape index (κ2) is 6.83. The van der Waals surface area contributed by atoms with Crippen molar-refractivity contribution < 1.29 is 14.2 Å². The van der Waals surface area contributed by atoms with Crippen molar-refractivity contribution in [2.75, 3.05) is 26.2 Å². The van der Waals surface area contributed by atoms with Crippen LogP contribution >= 0.6 is 11.3 Å². The van der Waals surface area contributed by atoms with Crippen LogP contribution in [-0.4, -0.2) is 41.2 Å². The molecule has 22 heavy (non-hydrogen) atoms. The smallest absolute Gasteiger partial charge is 0.123 e. The van der Waals surface area contributed by atoms with Crippen molar-refractivity contribution in [1.29, 1.82) is 0 Å². The third-order valence-electron chi connectivity index (χ3n) is 3.73. The minimum absolute atomic E-state index is 0.0489. The molecule has 2 atom stereocenters. The Labute approximate surface area is 133 Å². The molecule has 3 rings (SSSR count). The molecule has 4 nitrogen and oxygen atoms in total. The van der Waals surface area contributed by atoms with Gasteiger partial charge >= 0.3 is 0 Å². The Kier molecular flexibility index (Phi) is 4.83. The molecule has 118 valence electrons. The Bertz CT molecular complexity index is 634. The lowest BCUT2D eigenvalue weighted by molar-refractivity contribution is -0.0425. The number of thiazole rings is 1. The van der Waals surface area contributed by atoms with E-state index in [0.717, 1.165) is 17.2 Å². The molecule has 0 radical (unpaired) electrons. The van der Waals surface area contributed by atoms with E-state index in [0.29, 0.717) is 25.3 Å². The van der Waals surface area contributed by atoms with Crippen molar-refractivity contribution in [3.63, 3.8) is 0 Å². The Morgan fingerprint density at radius 1 is 1.55 bits per heavy atom. The van der Waals surface area contributed by atoms with E-state index in [2.05, 4.69) is 9.88 Å². The van der Waals surface area contributed by atoms with Gasteiger partial charge in [0.1, 0.15) is 16.9 Å². The lowest BCUT2D eigenvalue weighted by Crippen LogP contribution is -2.40. The fourth-order valence-electron chi connectivity index (χ4n) is 2.60. The van der Waals surface area contributed by atoms with Crippen LogP contribution in [-0.2, 0) is 4.74 Å². The van der Waals surface area contributed by atoms with Crippen molar-refractivity contribution in [1.82, 2.24) is 9.88 Å². The number of hydrogen-bond donors (Lipinski definition) is 1. The van der Waals surface area contributed by atoms with Gasteiger partial charge in [0.15, 0.2) is 0 Å². The molecule has 1 N–H and O–H groups in total. The predicted molar refractivity (Wildman–Crippen MR) is 83.3 cm³/mol. The molecule has 1 fully saturated rings. The average Bonchev–Trinajstić information content (AvgIpc) is 2.94. The van der Waals surface area contributed by atoms with Crippen LogP contribution in [0.5, 0.6) is 0 Å². The zero-order chi connectivity index (χ0) is 15.5. The predicted octanol–water partition coefficient (Wildman–Crippen LogP) is 2.70. The summed E-state index contributed by atoms with van der Waals surface area (Å²) in [5, 5.41) is 13.3. The molecule has 1 aliphatic rings. The van der Waals surface area contributed by atoms with Gasteiger partial charge in [-0.05, 0) is 24.6 Å². The maximum Gasteiger partial charge on any atom is 0.123 e. The first-order valence-corrected chi connectivity index (χ1v) is 8.19. The van der Waals surface area contributed by atoms with E-state index in [4.69, 9.17) is 4.74 Å². The molecule has 0 amide bonds. The van der Waals surface area contributed by atoms with E-state index < -0.39 is 6.10 Å². The highest BCUT2D eigenvalue weighted by molar-refractivity contribution is 7.09. The van der Waals surface area contributed by atoms with Crippen molar-refractivity contribution in [3.8, 4) is 0 Å². The van der Waals surface area contributed by atoms with Gasteiger partial charge in [-0.25, -0.2) is 9.37 Å². The quantitative estimate of drug-likeness (QED) is 0.940. The number of aryl methyl sites for hydroxylation is 1. The summed E-state index contributed by atoms with van der Waals surface area (Å²) in [6.07, 6.45) is -0.750. The highest BCUT2D eigenvalue weighted by Gasteiger charge is 2.25. The highest BCUT2D eigenvalue weighted by atomic mass is 32.1. The molecular formula is C16H19FN2O2S. The molecule has 1 saturated heterocycles. The molecule has 2 heterocycles. The molecule has 1 aromatic carbocycles. The summed E-state index contributed by atoms with van der Waals surface area (Å²) in [4.78, 5) is 6.61. The Hall–Kier alpha value is -1.34. The van der Waals surface area contributed by atoms with E-state index in [1.807, 2.05) is 12.3 Å². The number of nitrogens with zero attached hydrogens (tertiary/aromatic N) is 2. The topological polar surface area (TPSA) is 45.6 Å². The minimum atomic E-state index is -0.701. The first-order valence-electron chi connectivity index (χ1n) is 7.31. The summed E-state index contributed by atoms with van der Waals surface area (Å²) in [6.45, 7) is 4.49. The van der Waals surface area contributed by atoms with Gasteiger partial charge in [-0.3, -0.25) is 4.90 Å². The number of aliphatic hydroxyl groups is 1. The van der Waals surface area contributed by atoms with Gasteiger partial charge in [0.25, 0.3) is 0 Å². The molecule has 1 aromatic heterocycles. The first-order chi connectivity index (χ1) is 10.6. The highest BCUT2D eigenvalue weighted by Crippen LogP contribution is 2.26. The number of hydrogen-bond acceptors (Lipinski definition) is 5. The van der Waals surface area contributed by atoms with Crippen LogP contribution < -0.4 is 0 Å². The maximum atomic E-state index is 13.2. The Morgan fingerprint density at radius 2 is 2.41 bits per heavy atom. The molecule has 0 spiro atoms. The standard InChI is InChI=1S/C16H19FN2O2S/c1-11-10-22-16(18-11)15-9-19(5-6-21-15)8-14(20)12-3-2-4-13(17)7-12/h2-4,7,10,14-15,20H,5-6,8-9H2,1H3. The molecule has 6 heteroatoms. The molecule has 0 bridgehead atoms. The monoisotopic (exact) mass is 322 g/mol. The minimum Gasteiger partial charge on any atom is -0.387 e. The zero-order valence-electron chi connectivity index (χ0n) is 12.4. The van der Waals surface area contributed by atoms with Gasteiger partial charge in [0, 0.05) is 30.7 Å². The van der Waals surface area contributed by atoms with Crippen molar-refractivity contribution in [2.24, 2.45) is 0 Å². The van der Waals surface area contributed by atoms with E-state index >= 15 is 0 Å². The molecular weight excluding hydrogens is 303 g/mol. The summed E-state index contributed by atoms with van der Waals surface area (Å²) in [7, 11) is 0. The average molecular weight is 322 g/mol. The molecule has 1 aliphatic heterocycles. The second-order valence-corrected chi connectivity index (χ2v) is 6.41. The van der Waals surface area contributed by atoms with E-state index in [-0.39, 0.29) is 11.9 Å². The van der Waals surface area contributed by atoms with E-state index in [1.165, 1.54) is 12.1 Å². The molecule has 2 aromatic rings. The second-order valence-electron chi connectivity index (χ2n) is 5.52. The molecule has 0 saturated carbocycles. The third kappa shape index (κ3) is 3.70. The lowest BCUT2D eigenvalue weighted by Gasteiger charge is -2.33. The van der Waals surface area contributed by atoms with Crippen LogP contribution in [0, 0.1) is 12.7 Å². The lowest BCUT2D eigenvalue weighted by atomic mass is 10.1. The van der Waals surface area contributed by atoms with Gasteiger partial charge in [-0.2, -0.15) is 0 Å². The molecule has 0 aliphatic carbocycles. The number of aromatic nitrogens is 1. The number of rotatable bonds is 4. The fourth-order valence-corrected chi connectivity index (χ4v) is 3.44. The molecule has 2 unspecified atom stereocenters. The number of halogens is 1. The SMILES string of the molecule is Cc1csc(C2CN(CC(O)c3cccc(F)c3)CCO2)n1. The van der Waals surface area contributed by atoms with Crippen molar-refractivity contribution >= 4 is 11.3 Å². The number of aliphatic hydroxyl groups excluding tert-OH is 1. The van der Waals surface area contributed by atoms with Gasteiger partial charge in [-0.15, -0.1) is 11.3 Å². The normalized spacial score (nSPS) is 21.0. The van der Waals surface area contributed by atoms with E-state index in [9.17, 15) is 9.50 Å². The van der Waals surface area contributed by atoms with Crippen LogP contribution in [0.25, 0.3) is 0 Å². The van der Waals surface area contributed by atoms with Crippen molar-refractivity contribution in [3.05, 3.63) is 51.7 Å². The third-order valence-corrected chi connectivity index (χ3v) is 4.78. The Morgan fingerprint density at radius 3 is 3.14 bits per heavy atom. The summed E-state index contributed by atoms with van der Waals surface area (Å²) >= 11 is 1.60. The summed E-state index contributed by atoms with van der Waals surface area (Å²) in [5.74, 6) is -0.324.